The molecule has 3 rings (SSSR count). The molecule has 0 fully saturated rings. The Morgan fingerprint density at radius 2 is 2.00 bits per heavy atom. The molecule has 0 spiro atoms. The summed E-state index contributed by atoms with van der Waals surface area (Å²) >= 11 is 5.08. The van der Waals surface area contributed by atoms with Gasteiger partial charge < -0.3 is 10.4 Å². The first-order valence-corrected chi connectivity index (χ1v) is 10.2. The minimum absolute atomic E-state index is 0.0241. The van der Waals surface area contributed by atoms with E-state index in [1.54, 1.807) is 11.3 Å². The number of halogens is 1. The largest absolute Gasteiger partial charge is 0.481 e. The number of carboxylic acid groups (broad SMARTS) is 1. The van der Waals surface area contributed by atoms with E-state index >= 15 is 0 Å². The second-order valence-corrected chi connectivity index (χ2v) is 8.72. The average Bonchev–Trinajstić information content (AvgIpc) is 3.03. The molecule has 2 heterocycles. The summed E-state index contributed by atoms with van der Waals surface area (Å²) in [5.41, 5.74) is 4.66. The molecule has 0 aliphatic carbocycles. The van der Waals surface area contributed by atoms with Crippen LogP contribution < -0.4 is 5.32 Å². The summed E-state index contributed by atoms with van der Waals surface area (Å²) in [4.78, 5) is 21.4. The van der Waals surface area contributed by atoms with Crippen LogP contribution in [-0.2, 0) is 17.6 Å². The molecule has 3 aromatic rings. The molecule has 27 heavy (non-hydrogen) atoms. The first-order valence-electron chi connectivity index (χ1n) is 8.59. The summed E-state index contributed by atoms with van der Waals surface area (Å²) in [6, 6.07) is 9.69. The molecular weight excluding hydrogens is 426 g/mol. The highest BCUT2D eigenvalue weighted by molar-refractivity contribution is 9.11. The van der Waals surface area contributed by atoms with Crippen molar-refractivity contribution >= 4 is 44.7 Å². The van der Waals surface area contributed by atoms with Crippen LogP contribution in [0.5, 0.6) is 0 Å². The maximum absolute atomic E-state index is 11.0. The van der Waals surface area contributed by atoms with Gasteiger partial charge in [0.15, 0.2) is 5.82 Å². The van der Waals surface area contributed by atoms with Gasteiger partial charge in [-0.15, -0.1) is 11.3 Å². The van der Waals surface area contributed by atoms with E-state index in [4.69, 9.17) is 10.1 Å². The minimum atomic E-state index is -0.828. The van der Waals surface area contributed by atoms with E-state index in [0.717, 1.165) is 49.0 Å². The third-order valence-electron chi connectivity index (χ3n) is 4.31. The number of aryl methyl sites for hydroxylation is 2. The average molecular weight is 446 g/mol. The van der Waals surface area contributed by atoms with Gasteiger partial charge in [-0.05, 0) is 71.6 Å². The fraction of sp³-hybridized carbons (Fsp3) is 0.250. The number of benzene rings is 1. The van der Waals surface area contributed by atoms with Crippen molar-refractivity contribution in [3.8, 4) is 10.7 Å². The first-order chi connectivity index (χ1) is 12.9. The van der Waals surface area contributed by atoms with Crippen LogP contribution in [0.4, 0.5) is 11.5 Å². The maximum atomic E-state index is 11.0. The van der Waals surface area contributed by atoms with E-state index in [1.807, 2.05) is 44.2 Å². The number of nitrogens with one attached hydrogen (secondary N) is 1. The molecule has 0 unspecified atom stereocenters. The number of rotatable bonds is 6. The van der Waals surface area contributed by atoms with Crippen molar-refractivity contribution in [3.63, 3.8) is 0 Å². The van der Waals surface area contributed by atoms with E-state index in [9.17, 15) is 4.79 Å². The molecule has 1 aromatic carbocycles. The molecule has 0 saturated heterocycles. The van der Waals surface area contributed by atoms with E-state index < -0.39 is 5.97 Å². The molecule has 0 amide bonds. The van der Waals surface area contributed by atoms with E-state index in [1.165, 1.54) is 0 Å². The molecule has 2 N–H and O–H groups in total. The molecule has 0 saturated carbocycles. The fourth-order valence-electron chi connectivity index (χ4n) is 2.94. The number of thiophene rings is 1. The summed E-state index contributed by atoms with van der Waals surface area (Å²) < 4.78 is 1.04. The number of nitrogens with zero attached hydrogens (tertiary/aromatic N) is 2. The van der Waals surface area contributed by atoms with Crippen LogP contribution in [0.2, 0.25) is 0 Å². The monoisotopic (exact) mass is 445 g/mol. The zero-order chi connectivity index (χ0) is 19.6. The van der Waals surface area contributed by atoms with Crippen LogP contribution in [0.1, 0.15) is 29.3 Å². The van der Waals surface area contributed by atoms with Crippen LogP contribution in [0.25, 0.3) is 10.7 Å². The number of hydrogen-bond acceptors (Lipinski definition) is 5. The highest BCUT2D eigenvalue weighted by atomic mass is 79.9. The Bertz CT molecular complexity index is 1000. The Hall–Kier alpha value is -2.25. The Labute approximate surface area is 170 Å². The van der Waals surface area contributed by atoms with Gasteiger partial charge in [0.2, 0.25) is 0 Å². The van der Waals surface area contributed by atoms with Gasteiger partial charge in [-0.1, -0.05) is 13.0 Å². The Morgan fingerprint density at radius 3 is 2.59 bits per heavy atom. The van der Waals surface area contributed by atoms with Crippen molar-refractivity contribution in [2.24, 2.45) is 0 Å². The van der Waals surface area contributed by atoms with Crippen LogP contribution >= 0.6 is 27.3 Å². The lowest BCUT2D eigenvalue weighted by molar-refractivity contribution is -0.136. The summed E-state index contributed by atoms with van der Waals surface area (Å²) in [6.45, 7) is 6.00. The molecule has 140 valence electrons. The normalized spacial score (nSPS) is 10.8. The molecular formula is C20H20BrN3O2S. The van der Waals surface area contributed by atoms with Crippen LogP contribution in [0.3, 0.4) is 0 Å². The number of aliphatic carboxylic acids is 1. The quantitative estimate of drug-likeness (QED) is 0.522. The van der Waals surface area contributed by atoms with Crippen LogP contribution in [0, 0.1) is 13.8 Å². The zero-order valence-electron chi connectivity index (χ0n) is 15.3. The minimum Gasteiger partial charge on any atom is -0.481 e. The first kappa shape index (κ1) is 19.5. The molecule has 2 aromatic heterocycles. The van der Waals surface area contributed by atoms with Gasteiger partial charge in [0, 0.05) is 16.9 Å². The predicted molar refractivity (Wildman–Crippen MR) is 113 cm³/mol. The van der Waals surface area contributed by atoms with Crippen molar-refractivity contribution < 1.29 is 9.90 Å². The van der Waals surface area contributed by atoms with Crippen molar-refractivity contribution in [1.29, 1.82) is 0 Å². The van der Waals surface area contributed by atoms with E-state index in [-0.39, 0.29) is 6.42 Å². The Balaban J connectivity index is 1.97. The van der Waals surface area contributed by atoms with Crippen molar-refractivity contribution in [2.75, 3.05) is 5.32 Å². The highest BCUT2D eigenvalue weighted by Crippen LogP contribution is 2.32. The van der Waals surface area contributed by atoms with Gasteiger partial charge in [0.1, 0.15) is 5.82 Å². The molecule has 0 aliphatic rings. The number of carboxylic acids is 1. The zero-order valence-corrected chi connectivity index (χ0v) is 17.7. The maximum Gasteiger partial charge on any atom is 0.307 e. The molecule has 0 aliphatic heterocycles. The summed E-state index contributed by atoms with van der Waals surface area (Å²) in [6.07, 6.45) is 0.842. The molecule has 0 atom stereocenters. The van der Waals surface area contributed by atoms with E-state index in [2.05, 4.69) is 33.2 Å². The second kappa shape index (κ2) is 8.19. The van der Waals surface area contributed by atoms with Crippen LogP contribution in [0.15, 0.2) is 34.1 Å². The van der Waals surface area contributed by atoms with Gasteiger partial charge >= 0.3 is 5.97 Å². The molecule has 5 nitrogen and oxygen atoms in total. The summed E-state index contributed by atoms with van der Waals surface area (Å²) in [5.74, 6) is 0.655. The van der Waals surface area contributed by atoms with Crippen molar-refractivity contribution in [1.82, 2.24) is 9.97 Å². The van der Waals surface area contributed by atoms with Crippen molar-refractivity contribution in [3.05, 3.63) is 56.5 Å². The van der Waals surface area contributed by atoms with Gasteiger partial charge in [0.25, 0.3) is 0 Å². The van der Waals surface area contributed by atoms with Gasteiger partial charge in [-0.3, -0.25) is 4.79 Å². The Kier molecular flexibility index (Phi) is 5.92. The lowest BCUT2D eigenvalue weighted by Gasteiger charge is -2.15. The fourth-order valence-corrected chi connectivity index (χ4v) is 4.26. The number of hydrogen-bond donors (Lipinski definition) is 2. The molecule has 0 radical (unpaired) electrons. The lowest BCUT2D eigenvalue weighted by atomic mass is 10.0. The van der Waals surface area contributed by atoms with Gasteiger partial charge in [-0.2, -0.15) is 0 Å². The predicted octanol–water partition coefficient (Wildman–Crippen LogP) is 5.52. The third kappa shape index (κ3) is 4.54. The number of anilines is 2. The third-order valence-corrected chi connectivity index (χ3v) is 5.93. The summed E-state index contributed by atoms with van der Waals surface area (Å²) in [5, 5.41) is 12.4. The van der Waals surface area contributed by atoms with Gasteiger partial charge in [-0.25, -0.2) is 9.97 Å². The smallest absolute Gasteiger partial charge is 0.307 e. The number of aromatic nitrogens is 2. The van der Waals surface area contributed by atoms with Crippen LogP contribution in [-0.4, -0.2) is 21.0 Å². The molecule has 0 bridgehead atoms. The standard InChI is InChI=1S/C20H20BrN3O2S/c1-4-15-12(3)22-20(16-7-8-17(21)27-16)24-19(15)23-14-6-5-13(10-18(25)26)11(2)9-14/h5-9H,4,10H2,1-3H3,(H,25,26)(H,22,23,24). The highest BCUT2D eigenvalue weighted by Gasteiger charge is 2.14. The second-order valence-electron chi connectivity index (χ2n) is 6.25. The van der Waals surface area contributed by atoms with Crippen molar-refractivity contribution in [2.45, 2.75) is 33.6 Å². The topological polar surface area (TPSA) is 75.1 Å². The Morgan fingerprint density at radius 1 is 1.22 bits per heavy atom. The van der Waals surface area contributed by atoms with Gasteiger partial charge in [0.05, 0.1) is 15.1 Å². The molecule has 7 heteroatoms. The van der Waals surface area contributed by atoms with E-state index in [0.29, 0.717) is 5.82 Å². The summed E-state index contributed by atoms with van der Waals surface area (Å²) in [7, 11) is 0. The SMILES string of the molecule is CCc1c(C)nc(-c2ccc(Br)s2)nc1Nc1ccc(CC(=O)O)c(C)c1. The lowest BCUT2D eigenvalue weighted by Crippen LogP contribution is -2.06. The number of carbonyl (C=O) groups is 1.